The summed E-state index contributed by atoms with van der Waals surface area (Å²) >= 11 is 5.06. The van der Waals surface area contributed by atoms with Gasteiger partial charge in [-0.1, -0.05) is 0 Å². The molecule has 1 saturated heterocycles. The lowest BCUT2D eigenvalue weighted by Gasteiger charge is -2.14. The Bertz CT molecular complexity index is 443. The van der Waals surface area contributed by atoms with Gasteiger partial charge in [-0.25, -0.2) is 0 Å². The standard InChI is InChI=1S/C9H12N2O2S/c1-6-5-11(7-3-2-4-13-7)9(14)10-8(6)12/h5,7H,2-4H2,1H3,(H,10,12,14). The fraction of sp³-hybridized carbons (Fsp3) is 0.556. The van der Waals surface area contributed by atoms with Crippen molar-refractivity contribution in [2.24, 2.45) is 0 Å². The molecule has 1 aromatic heterocycles. The van der Waals surface area contributed by atoms with E-state index in [0.717, 1.165) is 19.4 Å². The first-order valence-electron chi connectivity index (χ1n) is 4.62. The van der Waals surface area contributed by atoms with Crippen LogP contribution in [-0.2, 0) is 4.74 Å². The van der Waals surface area contributed by atoms with Crippen molar-refractivity contribution >= 4 is 12.2 Å². The van der Waals surface area contributed by atoms with Crippen LogP contribution in [-0.4, -0.2) is 16.2 Å². The molecule has 1 unspecified atom stereocenters. The summed E-state index contributed by atoms with van der Waals surface area (Å²) in [5.74, 6) is 0. The Morgan fingerprint density at radius 1 is 1.71 bits per heavy atom. The van der Waals surface area contributed by atoms with Gasteiger partial charge in [0, 0.05) is 18.4 Å². The smallest absolute Gasteiger partial charge is 0.254 e. The third kappa shape index (κ3) is 1.65. The van der Waals surface area contributed by atoms with Crippen LogP contribution in [0.1, 0.15) is 24.6 Å². The van der Waals surface area contributed by atoms with Gasteiger partial charge in [-0.15, -0.1) is 0 Å². The molecule has 14 heavy (non-hydrogen) atoms. The van der Waals surface area contributed by atoms with Gasteiger partial charge in [0.1, 0.15) is 6.23 Å². The van der Waals surface area contributed by atoms with Crippen LogP contribution in [0, 0.1) is 11.7 Å². The first kappa shape index (κ1) is 9.61. The minimum atomic E-state index is -0.121. The number of rotatable bonds is 1. The van der Waals surface area contributed by atoms with E-state index >= 15 is 0 Å². The molecule has 2 rings (SSSR count). The molecule has 1 aromatic rings. The topological polar surface area (TPSA) is 47.0 Å². The summed E-state index contributed by atoms with van der Waals surface area (Å²) in [5, 5.41) is 0. The van der Waals surface area contributed by atoms with Crippen LogP contribution < -0.4 is 5.56 Å². The van der Waals surface area contributed by atoms with Gasteiger partial charge in [-0.05, 0) is 32.0 Å². The Morgan fingerprint density at radius 3 is 3.14 bits per heavy atom. The second-order valence-corrected chi connectivity index (χ2v) is 3.83. The Kier molecular flexibility index (Phi) is 2.52. The second kappa shape index (κ2) is 3.67. The molecule has 0 saturated carbocycles. The lowest BCUT2D eigenvalue weighted by atomic mass is 10.3. The molecule has 1 atom stereocenters. The summed E-state index contributed by atoms with van der Waals surface area (Å²) in [4.78, 5) is 13.9. The van der Waals surface area contributed by atoms with Gasteiger partial charge < -0.3 is 4.74 Å². The van der Waals surface area contributed by atoms with Crippen molar-refractivity contribution in [1.29, 1.82) is 0 Å². The van der Waals surface area contributed by atoms with Crippen LogP contribution in [0.2, 0.25) is 0 Å². The van der Waals surface area contributed by atoms with Gasteiger partial charge in [0.25, 0.3) is 5.56 Å². The van der Waals surface area contributed by atoms with Crippen molar-refractivity contribution in [2.75, 3.05) is 6.61 Å². The van der Waals surface area contributed by atoms with Gasteiger partial charge in [-0.3, -0.25) is 14.3 Å². The third-order valence-electron chi connectivity index (χ3n) is 2.36. The molecule has 0 amide bonds. The molecule has 1 fully saturated rings. The quantitative estimate of drug-likeness (QED) is 0.718. The van der Waals surface area contributed by atoms with Gasteiger partial charge >= 0.3 is 0 Å². The number of ether oxygens (including phenoxy) is 1. The average molecular weight is 212 g/mol. The van der Waals surface area contributed by atoms with Gasteiger partial charge in [0.2, 0.25) is 0 Å². The number of nitrogens with one attached hydrogen (secondary N) is 1. The van der Waals surface area contributed by atoms with E-state index in [1.165, 1.54) is 0 Å². The normalized spacial score (nSPS) is 21.4. The molecule has 0 bridgehead atoms. The zero-order chi connectivity index (χ0) is 10.1. The predicted molar refractivity (Wildman–Crippen MR) is 54.8 cm³/mol. The van der Waals surface area contributed by atoms with E-state index in [1.807, 2.05) is 4.57 Å². The molecule has 1 aliphatic heterocycles. The van der Waals surface area contributed by atoms with E-state index in [0.29, 0.717) is 10.3 Å². The maximum atomic E-state index is 11.2. The first-order chi connectivity index (χ1) is 6.68. The number of aryl methyl sites for hydroxylation is 1. The summed E-state index contributed by atoms with van der Waals surface area (Å²) < 4.78 is 7.74. The molecule has 0 aliphatic carbocycles. The molecule has 5 heteroatoms. The van der Waals surface area contributed by atoms with E-state index in [9.17, 15) is 4.79 Å². The molecular formula is C9H12N2O2S. The Morgan fingerprint density at radius 2 is 2.50 bits per heavy atom. The van der Waals surface area contributed by atoms with E-state index in [-0.39, 0.29) is 11.8 Å². The van der Waals surface area contributed by atoms with E-state index < -0.39 is 0 Å². The molecule has 0 radical (unpaired) electrons. The fourth-order valence-corrected chi connectivity index (χ4v) is 1.84. The number of hydrogen-bond donors (Lipinski definition) is 1. The lowest BCUT2D eigenvalue weighted by molar-refractivity contribution is 0.0540. The molecule has 0 spiro atoms. The van der Waals surface area contributed by atoms with Gasteiger partial charge in [0.05, 0.1) is 0 Å². The van der Waals surface area contributed by atoms with Crippen LogP contribution in [0.25, 0.3) is 0 Å². The molecule has 2 heterocycles. The largest absolute Gasteiger partial charge is 0.358 e. The maximum Gasteiger partial charge on any atom is 0.254 e. The van der Waals surface area contributed by atoms with Crippen molar-refractivity contribution < 1.29 is 4.74 Å². The monoisotopic (exact) mass is 212 g/mol. The number of H-pyrrole nitrogens is 1. The lowest BCUT2D eigenvalue weighted by Crippen LogP contribution is -2.18. The van der Waals surface area contributed by atoms with Gasteiger partial charge in [-0.2, -0.15) is 0 Å². The van der Waals surface area contributed by atoms with Crippen molar-refractivity contribution in [3.05, 3.63) is 26.9 Å². The van der Waals surface area contributed by atoms with Crippen molar-refractivity contribution in [2.45, 2.75) is 26.0 Å². The molecule has 76 valence electrons. The highest BCUT2D eigenvalue weighted by atomic mass is 32.1. The highest BCUT2D eigenvalue weighted by molar-refractivity contribution is 7.71. The number of nitrogens with zero attached hydrogens (tertiary/aromatic N) is 1. The summed E-state index contributed by atoms with van der Waals surface area (Å²) in [6.45, 7) is 2.53. The third-order valence-corrected chi connectivity index (χ3v) is 2.67. The van der Waals surface area contributed by atoms with Crippen molar-refractivity contribution in [3.63, 3.8) is 0 Å². The minimum Gasteiger partial charge on any atom is -0.358 e. The maximum absolute atomic E-state index is 11.2. The van der Waals surface area contributed by atoms with Crippen LogP contribution in [0.5, 0.6) is 0 Å². The predicted octanol–water partition coefficient (Wildman–Crippen LogP) is 1.52. The number of aromatic nitrogens is 2. The van der Waals surface area contributed by atoms with Crippen LogP contribution in [0.3, 0.4) is 0 Å². The first-order valence-corrected chi connectivity index (χ1v) is 5.03. The summed E-state index contributed by atoms with van der Waals surface area (Å²) in [5.41, 5.74) is 0.540. The zero-order valence-electron chi connectivity index (χ0n) is 7.95. The zero-order valence-corrected chi connectivity index (χ0v) is 8.76. The minimum absolute atomic E-state index is 0.00181. The Hall–Kier alpha value is -0.940. The van der Waals surface area contributed by atoms with E-state index in [2.05, 4.69) is 4.98 Å². The fourth-order valence-electron chi connectivity index (χ4n) is 1.58. The SMILES string of the molecule is Cc1cn(C2CCCO2)c(=S)[nH]c1=O. The Balaban J connectivity index is 2.47. The highest BCUT2D eigenvalue weighted by Gasteiger charge is 2.17. The molecule has 4 nitrogen and oxygen atoms in total. The molecule has 1 N–H and O–H groups in total. The van der Waals surface area contributed by atoms with Crippen molar-refractivity contribution in [1.82, 2.24) is 9.55 Å². The molecule has 1 aliphatic rings. The average Bonchev–Trinajstić information content (AvgIpc) is 2.64. The molecular weight excluding hydrogens is 200 g/mol. The second-order valence-electron chi connectivity index (χ2n) is 3.45. The van der Waals surface area contributed by atoms with Gasteiger partial charge in [0.15, 0.2) is 4.77 Å². The van der Waals surface area contributed by atoms with E-state index in [1.54, 1.807) is 13.1 Å². The Labute approximate surface area is 86.5 Å². The van der Waals surface area contributed by atoms with Crippen LogP contribution in [0.4, 0.5) is 0 Å². The summed E-state index contributed by atoms with van der Waals surface area (Å²) in [6, 6.07) is 0. The summed E-state index contributed by atoms with van der Waals surface area (Å²) in [7, 11) is 0. The summed E-state index contributed by atoms with van der Waals surface area (Å²) in [6.07, 6.45) is 3.76. The number of hydrogen-bond acceptors (Lipinski definition) is 3. The van der Waals surface area contributed by atoms with E-state index in [4.69, 9.17) is 17.0 Å². The van der Waals surface area contributed by atoms with Crippen molar-refractivity contribution in [3.8, 4) is 0 Å². The van der Waals surface area contributed by atoms with Crippen LogP contribution in [0.15, 0.2) is 11.0 Å². The molecule has 0 aromatic carbocycles. The number of aromatic amines is 1. The van der Waals surface area contributed by atoms with Crippen LogP contribution >= 0.6 is 12.2 Å². The highest BCUT2D eigenvalue weighted by Crippen LogP contribution is 2.22.